The fourth-order valence-electron chi connectivity index (χ4n) is 0.829. The molecule has 0 radical (unpaired) electrons. The number of nitrogens with one attached hydrogen (secondary N) is 1. The van der Waals surface area contributed by atoms with E-state index in [2.05, 4.69) is 0 Å². The molecule has 0 aliphatic carbocycles. The van der Waals surface area contributed by atoms with Gasteiger partial charge in [-0.1, -0.05) is 0 Å². The summed E-state index contributed by atoms with van der Waals surface area (Å²) >= 11 is -0.349. The molecule has 78 valence electrons. The zero-order chi connectivity index (χ0) is 10.8. The minimum atomic E-state index is -4.41. The molecule has 0 saturated carbocycles. The van der Waals surface area contributed by atoms with E-state index < -0.39 is 11.3 Å². The lowest BCUT2D eigenvalue weighted by Crippen LogP contribution is -2.09. The number of alkyl halides is 3. The van der Waals surface area contributed by atoms with Crippen molar-refractivity contribution in [1.82, 2.24) is 0 Å². The smallest absolute Gasteiger partial charge is 0.323 e. The van der Waals surface area contributed by atoms with E-state index in [1.807, 2.05) is 5.43 Å². The van der Waals surface area contributed by atoms with Crippen molar-refractivity contribution in [2.45, 2.75) is 10.4 Å². The van der Waals surface area contributed by atoms with E-state index in [9.17, 15) is 17.6 Å². The Kier molecular flexibility index (Phi) is 3.22. The number of hydrazine groups is 1. The SMILES string of the molecule is NNc1cc(F)ccc1SC(F)(F)F. The van der Waals surface area contributed by atoms with E-state index in [1.54, 1.807) is 0 Å². The second-order valence-electron chi connectivity index (χ2n) is 2.33. The summed E-state index contributed by atoms with van der Waals surface area (Å²) in [5.41, 5.74) is -2.51. The van der Waals surface area contributed by atoms with Crippen LogP contribution in [0.4, 0.5) is 23.2 Å². The van der Waals surface area contributed by atoms with Crippen molar-refractivity contribution in [2.75, 3.05) is 5.43 Å². The van der Waals surface area contributed by atoms with Gasteiger partial charge in [0.15, 0.2) is 0 Å². The maximum Gasteiger partial charge on any atom is 0.446 e. The van der Waals surface area contributed by atoms with Crippen LogP contribution in [0.1, 0.15) is 0 Å². The van der Waals surface area contributed by atoms with Crippen molar-refractivity contribution in [3.63, 3.8) is 0 Å². The van der Waals surface area contributed by atoms with Crippen LogP contribution in [0.2, 0.25) is 0 Å². The van der Waals surface area contributed by atoms with Crippen molar-refractivity contribution in [2.24, 2.45) is 5.84 Å². The first-order chi connectivity index (χ1) is 6.42. The number of thioether (sulfide) groups is 1. The molecule has 0 saturated heterocycles. The number of anilines is 1. The Balaban J connectivity index is 2.97. The molecule has 0 heterocycles. The lowest BCUT2D eigenvalue weighted by Gasteiger charge is -2.10. The lowest BCUT2D eigenvalue weighted by atomic mass is 10.3. The zero-order valence-electron chi connectivity index (χ0n) is 6.73. The molecule has 14 heavy (non-hydrogen) atoms. The summed E-state index contributed by atoms with van der Waals surface area (Å²) in [4.78, 5) is -0.165. The quantitative estimate of drug-likeness (QED) is 0.352. The molecule has 0 amide bonds. The molecule has 7 heteroatoms. The molecule has 0 fully saturated rings. The van der Waals surface area contributed by atoms with Gasteiger partial charge >= 0.3 is 5.51 Å². The second kappa shape index (κ2) is 4.05. The largest absolute Gasteiger partial charge is 0.446 e. The highest BCUT2D eigenvalue weighted by Gasteiger charge is 2.30. The summed E-state index contributed by atoms with van der Waals surface area (Å²) in [6.07, 6.45) is 0. The summed E-state index contributed by atoms with van der Waals surface area (Å²) < 4.78 is 48.5. The Bertz CT molecular complexity index is 326. The Morgan fingerprint density at radius 2 is 1.93 bits per heavy atom. The molecular formula is C7H6F4N2S. The van der Waals surface area contributed by atoms with E-state index in [4.69, 9.17) is 5.84 Å². The van der Waals surface area contributed by atoms with Gasteiger partial charge < -0.3 is 5.43 Å². The van der Waals surface area contributed by atoms with Crippen LogP contribution in [0.25, 0.3) is 0 Å². The summed E-state index contributed by atoms with van der Waals surface area (Å²) in [5.74, 6) is 4.29. The van der Waals surface area contributed by atoms with Gasteiger partial charge in [0.25, 0.3) is 0 Å². The molecule has 1 rings (SSSR count). The van der Waals surface area contributed by atoms with Gasteiger partial charge in [0.2, 0.25) is 0 Å². The standard InChI is InChI=1S/C7H6F4N2S/c8-4-1-2-6(5(3-4)13-12)14-7(9,10)11/h1-3,13H,12H2. The predicted octanol–water partition coefficient (Wildman–Crippen LogP) is 2.72. The Hall–Kier alpha value is -0.950. The van der Waals surface area contributed by atoms with Crippen molar-refractivity contribution in [3.8, 4) is 0 Å². The normalized spacial score (nSPS) is 11.5. The molecule has 0 bridgehead atoms. The average molecular weight is 226 g/mol. The molecule has 0 spiro atoms. The molecule has 3 N–H and O–H groups in total. The maximum absolute atomic E-state index is 12.6. The molecule has 1 aromatic carbocycles. The number of halogens is 4. The highest BCUT2D eigenvalue weighted by atomic mass is 32.2. The number of hydrogen-bond acceptors (Lipinski definition) is 3. The van der Waals surface area contributed by atoms with Crippen molar-refractivity contribution < 1.29 is 17.6 Å². The van der Waals surface area contributed by atoms with Gasteiger partial charge in [0.1, 0.15) is 5.82 Å². The van der Waals surface area contributed by atoms with Crippen LogP contribution >= 0.6 is 11.8 Å². The molecule has 1 aromatic rings. The van der Waals surface area contributed by atoms with Gasteiger partial charge in [-0.25, -0.2) is 4.39 Å². The van der Waals surface area contributed by atoms with Gasteiger partial charge in [-0.3, -0.25) is 5.84 Å². The topological polar surface area (TPSA) is 38.0 Å². The van der Waals surface area contributed by atoms with Gasteiger partial charge in [0.05, 0.1) is 5.69 Å². The summed E-state index contributed by atoms with van der Waals surface area (Å²) in [5, 5.41) is 0. The summed E-state index contributed by atoms with van der Waals surface area (Å²) in [6.45, 7) is 0. The highest BCUT2D eigenvalue weighted by Crippen LogP contribution is 2.40. The average Bonchev–Trinajstić information content (AvgIpc) is 2.06. The molecule has 0 atom stereocenters. The molecule has 0 aliphatic rings. The van der Waals surface area contributed by atoms with Crippen LogP contribution in [-0.2, 0) is 0 Å². The first kappa shape index (κ1) is 11.1. The van der Waals surface area contributed by atoms with Crippen LogP contribution in [0.3, 0.4) is 0 Å². The fourth-order valence-corrected chi connectivity index (χ4v) is 1.44. The highest BCUT2D eigenvalue weighted by molar-refractivity contribution is 8.00. The number of hydrogen-bond donors (Lipinski definition) is 2. The minimum absolute atomic E-state index is 0.0904. The van der Waals surface area contributed by atoms with E-state index in [0.717, 1.165) is 18.2 Å². The van der Waals surface area contributed by atoms with Gasteiger partial charge in [-0.2, -0.15) is 13.2 Å². The van der Waals surface area contributed by atoms with E-state index >= 15 is 0 Å². The molecule has 2 nitrogen and oxygen atoms in total. The number of nitrogens with two attached hydrogens (primary N) is 1. The van der Waals surface area contributed by atoms with E-state index in [1.165, 1.54) is 0 Å². The maximum atomic E-state index is 12.6. The van der Waals surface area contributed by atoms with Crippen LogP contribution in [0, 0.1) is 5.82 Å². The van der Waals surface area contributed by atoms with Crippen LogP contribution < -0.4 is 11.3 Å². The van der Waals surface area contributed by atoms with Crippen molar-refractivity contribution >= 4 is 17.4 Å². The first-order valence-electron chi connectivity index (χ1n) is 3.44. The monoisotopic (exact) mass is 226 g/mol. The van der Waals surface area contributed by atoms with E-state index in [-0.39, 0.29) is 22.3 Å². The lowest BCUT2D eigenvalue weighted by molar-refractivity contribution is -0.0327. The molecule has 0 unspecified atom stereocenters. The third kappa shape index (κ3) is 3.08. The number of nitrogen functional groups attached to an aromatic ring is 1. The Morgan fingerprint density at radius 1 is 1.29 bits per heavy atom. The molecule has 0 aliphatic heterocycles. The zero-order valence-corrected chi connectivity index (χ0v) is 7.55. The number of rotatable bonds is 2. The van der Waals surface area contributed by atoms with Crippen LogP contribution in [0.15, 0.2) is 23.1 Å². The summed E-state index contributed by atoms with van der Waals surface area (Å²) in [6, 6.07) is 2.85. The van der Waals surface area contributed by atoms with Gasteiger partial charge in [-0.15, -0.1) is 0 Å². The number of benzene rings is 1. The van der Waals surface area contributed by atoms with Crippen molar-refractivity contribution in [3.05, 3.63) is 24.0 Å². The summed E-state index contributed by atoms with van der Waals surface area (Å²) in [7, 11) is 0. The Morgan fingerprint density at radius 3 is 2.43 bits per heavy atom. The van der Waals surface area contributed by atoms with Crippen LogP contribution in [-0.4, -0.2) is 5.51 Å². The fraction of sp³-hybridized carbons (Fsp3) is 0.143. The molecule has 0 aromatic heterocycles. The van der Waals surface area contributed by atoms with Crippen molar-refractivity contribution in [1.29, 1.82) is 0 Å². The second-order valence-corrected chi connectivity index (χ2v) is 3.44. The minimum Gasteiger partial charge on any atom is -0.323 e. The third-order valence-corrected chi connectivity index (χ3v) is 2.13. The predicted molar refractivity (Wildman–Crippen MR) is 46.1 cm³/mol. The first-order valence-corrected chi connectivity index (χ1v) is 4.26. The Labute approximate surface area is 81.4 Å². The molecular weight excluding hydrogens is 220 g/mol. The van der Waals surface area contributed by atoms with E-state index in [0.29, 0.717) is 0 Å². The third-order valence-electron chi connectivity index (χ3n) is 1.32. The van der Waals surface area contributed by atoms with Gasteiger partial charge in [-0.05, 0) is 30.0 Å². The van der Waals surface area contributed by atoms with Crippen LogP contribution in [0.5, 0.6) is 0 Å². The van der Waals surface area contributed by atoms with Gasteiger partial charge in [0, 0.05) is 4.90 Å².